The van der Waals surface area contributed by atoms with Crippen molar-refractivity contribution in [2.24, 2.45) is 0 Å². The zero-order valence-corrected chi connectivity index (χ0v) is 55.9. The zero-order valence-electron chi connectivity index (χ0n) is 55.9. The van der Waals surface area contributed by atoms with Crippen LogP contribution in [0.3, 0.4) is 0 Å². The fourth-order valence-corrected chi connectivity index (χ4v) is 13.0. The Morgan fingerprint density at radius 3 is 0.978 bits per heavy atom. The molecular weight excluding hydrogens is 1140 g/mol. The topological polar surface area (TPSA) is 307 Å². The van der Waals surface area contributed by atoms with Crippen LogP contribution < -0.4 is 5.32 Å². The van der Waals surface area contributed by atoms with Crippen LogP contribution >= 0.6 is 0 Å². The van der Waals surface area contributed by atoms with Crippen molar-refractivity contribution in [3.8, 4) is 0 Å². The van der Waals surface area contributed by atoms with Crippen molar-refractivity contribution in [3.05, 3.63) is 0 Å². The fourth-order valence-electron chi connectivity index (χ4n) is 13.0. The summed E-state index contributed by atoms with van der Waals surface area (Å²) < 4.78 is 34.4. The van der Waals surface area contributed by atoms with E-state index in [4.69, 9.17) is 28.4 Å². The summed E-state index contributed by atoms with van der Waals surface area (Å²) in [6, 6.07) is -0.882. The molecule has 0 aromatic carbocycles. The maximum atomic E-state index is 13.4. The highest BCUT2D eigenvalue weighted by atomic mass is 16.8. The zero-order chi connectivity index (χ0) is 64.7. The van der Waals surface area contributed by atoms with Crippen LogP contribution in [0, 0.1) is 0 Å². The SMILES string of the molecule is CCCCCCCCCCCCCCCCCCCCCCCCCCCCCCC(=O)NC(COC1OC(CO)C(OC2OC(CO)C(OC3OC(CO)C(O)C(O)C3O)C(O)C2O)C(O)C1O)C(O)CCCCCCCCCCCCCCCCCC. The lowest BCUT2D eigenvalue weighted by Crippen LogP contribution is -2.66. The van der Waals surface area contributed by atoms with E-state index in [0.717, 1.165) is 44.9 Å². The second kappa shape index (κ2) is 53.0. The summed E-state index contributed by atoms with van der Waals surface area (Å²) in [6.45, 7) is 1.85. The normalized spacial score (nSPS) is 28.1. The fraction of sp³-hybridized carbons (Fsp3) is 0.986. The van der Waals surface area contributed by atoms with Crippen LogP contribution in [0.5, 0.6) is 0 Å². The Bertz CT molecular complexity index is 1620. The Morgan fingerprint density at radius 1 is 0.360 bits per heavy atom. The van der Waals surface area contributed by atoms with Gasteiger partial charge in [0.1, 0.15) is 73.2 Å². The molecule has 0 aromatic rings. The maximum Gasteiger partial charge on any atom is 0.220 e. The molecule has 3 heterocycles. The minimum absolute atomic E-state index is 0.235. The van der Waals surface area contributed by atoms with Crippen molar-refractivity contribution in [2.75, 3.05) is 26.4 Å². The van der Waals surface area contributed by atoms with Gasteiger partial charge in [-0.25, -0.2) is 0 Å². The summed E-state index contributed by atoms with van der Waals surface area (Å²) in [5.41, 5.74) is 0. The lowest BCUT2D eigenvalue weighted by atomic mass is 9.96. The smallest absolute Gasteiger partial charge is 0.220 e. The molecule has 12 N–H and O–H groups in total. The number of carbonyl (C=O) groups excluding carboxylic acids is 1. The van der Waals surface area contributed by atoms with Crippen LogP contribution in [0.4, 0.5) is 0 Å². The molecule has 0 saturated carbocycles. The molecule has 19 heteroatoms. The first-order valence-corrected chi connectivity index (χ1v) is 36.8. The molecule has 3 aliphatic rings. The summed E-state index contributed by atoms with van der Waals surface area (Å²) in [7, 11) is 0. The van der Waals surface area contributed by atoms with E-state index in [1.54, 1.807) is 0 Å². The van der Waals surface area contributed by atoms with E-state index in [-0.39, 0.29) is 18.9 Å². The predicted octanol–water partition coefficient (Wildman–Crippen LogP) is 10.3. The van der Waals surface area contributed by atoms with Gasteiger partial charge in [-0.15, -0.1) is 0 Å². The van der Waals surface area contributed by atoms with Gasteiger partial charge in [-0.3, -0.25) is 4.79 Å². The van der Waals surface area contributed by atoms with Crippen LogP contribution in [0.15, 0.2) is 0 Å². The molecule has 0 aromatic heterocycles. The molecule has 19 nitrogen and oxygen atoms in total. The van der Waals surface area contributed by atoms with E-state index in [1.807, 2.05) is 0 Å². The molecule has 3 rings (SSSR count). The molecule has 3 aliphatic heterocycles. The van der Waals surface area contributed by atoms with Crippen LogP contribution in [-0.2, 0) is 33.2 Å². The number of aliphatic hydroxyl groups excluding tert-OH is 11. The first-order valence-electron chi connectivity index (χ1n) is 36.8. The molecule has 3 fully saturated rings. The van der Waals surface area contributed by atoms with Crippen LogP contribution in [0.2, 0.25) is 0 Å². The highest BCUT2D eigenvalue weighted by molar-refractivity contribution is 5.76. The van der Waals surface area contributed by atoms with Crippen molar-refractivity contribution in [1.29, 1.82) is 0 Å². The van der Waals surface area contributed by atoms with Crippen molar-refractivity contribution >= 4 is 5.91 Å². The Kier molecular flexibility index (Phi) is 48.8. The highest BCUT2D eigenvalue weighted by Crippen LogP contribution is 2.33. The summed E-state index contributed by atoms with van der Waals surface area (Å²) in [5.74, 6) is -0.235. The van der Waals surface area contributed by atoms with E-state index in [0.29, 0.717) is 12.8 Å². The van der Waals surface area contributed by atoms with E-state index in [9.17, 15) is 61.0 Å². The summed E-state index contributed by atoms with van der Waals surface area (Å²) in [4.78, 5) is 13.4. The predicted molar refractivity (Wildman–Crippen MR) is 347 cm³/mol. The molecule has 89 heavy (non-hydrogen) atoms. The average molecular weight is 1280 g/mol. The molecule has 528 valence electrons. The van der Waals surface area contributed by atoms with Crippen molar-refractivity contribution < 1.29 is 89.4 Å². The summed E-state index contributed by atoms with van der Waals surface area (Å²) >= 11 is 0. The molecule has 0 spiro atoms. The number of ether oxygens (including phenoxy) is 6. The third-order valence-electron chi connectivity index (χ3n) is 18.9. The molecule has 17 unspecified atom stereocenters. The number of aliphatic hydroxyl groups is 11. The Labute approximate surface area is 538 Å². The number of unbranched alkanes of at least 4 members (excludes halogenated alkanes) is 42. The van der Waals surface area contributed by atoms with Gasteiger partial charge in [0.05, 0.1) is 38.6 Å². The van der Waals surface area contributed by atoms with E-state index in [2.05, 4.69) is 19.2 Å². The quantitative estimate of drug-likeness (QED) is 0.0252. The largest absolute Gasteiger partial charge is 0.394 e. The van der Waals surface area contributed by atoms with Gasteiger partial charge in [0.2, 0.25) is 5.91 Å². The second-order valence-corrected chi connectivity index (χ2v) is 26.8. The van der Waals surface area contributed by atoms with Crippen LogP contribution in [0.1, 0.15) is 309 Å². The van der Waals surface area contributed by atoms with Gasteiger partial charge in [0, 0.05) is 6.42 Å². The number of carbonyl (C=O) groups is 1. The van der Waals surface area contributed by atoms with E-state index < -0.39 is 124 Å². The maximum absolute atomic E-state index is 13.4. The highest BCUT2D eigenvalue weighted by Gasteiger charge is 2.53. The second-order valence-electron chi connectivity index (χ2n) is 26.8. The van der Waals surface area contributed by atoms with Gasteiger partial charge in [-0.2, -0.15) is 0 Å². The number of hydrogen-bond donors (Lipinski definition) is 12. The molecule has 17 atom stereocenters. The standard InChI is InChI=1S/C70H135NO18/c1-3-5-7-9-11-13-15-17-19-21-22-23-24-25-26-27-28-29-30-31-32-34-36-38-40-42-44-46-48-58(76)71-53(54(75)47-45-43-41-39-37-35-33-20-18-16-14-12-10-8-6-4-2)52-84-68-64(82)61(79)66(56(50-73)86-68)89-70-65(83)62(80)67(57(51-74)87-70)88-69-63(81)60(78)59(77)55(49-72)85-69/h53-57,59-70,72-75,77-83H,3-52H2,1-2H3,(H,71,76). The van der Waals surface area contributed by atoms with Crippen LogP contribution in [-0.4, -0.2) is 193 Å². The average Bonchev–Trinajstić information content (AvgIpc) is 1.97. The van der Waals surface area contributed by atoms with Gasteiger partial charge >= 0.3 is 0 Å². The third kappa shape index (κ3) is 34.9. The monoisotopic (exact) mass is 1280 g/mol. The molecule has 0 bridgehead atoms. The molecule has 1 amide bonds. The molecule has 0 aliphatic carbocycles. The van der Waals surface area contributed by atoms with Crippen LogP contribution in [0.25, 0.3) is 0 Å². The molecule has 0 radical (unpaired) electrons. The van der Waals surface area contributed by atoms with Gasteiger partial charge in [-0.1, -0.05) is 290 Å². The minimum Gasteiger partial charge on any atom is -0.394 e. The summed E-state index contributed by atoms with van der Waals surface area (Å²) in [6.07, 6.45) is 30.5. The van der Waals surface area contributed by atoms with Crippen molar-refractivity contribution in [1.82, 2.24) is 5.32 Å². The van der Waals surface area contributed by atoms with Gasteiger partial charge < -0.3 is 89.9 Å². The Hall–Kier alpha value is -1.21. The Balaban J connectivity index is 1.38. The number of nitrogens with one attached hydrogen (secondary N) is 1. The number of rotatable bonds is 58. The van der Waals surface area contributed by atoms with Gasteiger partial charge in [-0.05, 0) is 12.8 Å². The summed E-state index contributed by atoms with van der Waals surface area (Å²) in [5, 5.41) is 121. The lowest BCUT2D eigenvalue weighted by Gasteiger charge is -2.48. The number of amides is 1. The van der Waals surface area contributed by atoms with Crippen molar-refractivity contribution in [2.45, 2.75) is 413 Å². The van der Waals surface area contributed by atoms with E-state index >= 15 is 0 Å². The van der Waals surface area contributed by atoms with Crippen molar-refractivity contribution in [3.63, 3.8) is 0 Å². The molecule has 3 saturated heterocycles. The first-order chi connectivity index (χ1) is 43.3. The number of hydrogen-bond acceptors (Lipinski definition) is 18. The third-order valence-corrected chi connectivity index (χ3v) is 18.9. The first kappa shape index (κ1) is 82.0. The Morgan fingerprint density at radius 2 is 0.640 bits per heavy atom. The van der Waals surface area contributed by atoms with Gasteiger partial charge in [0.15, 0.2) is 18.9 Å². The van der Waals surface area contributed by atoms with E-state index in [1.165, 1.54) is 231 Å². The molecular formula is C70H135NO18. The minimum atomic E-state index is -1.97. The van der Waals surface area contributed by atoms with Gasteiger partial charge in [0.25, 0.3) is 0 Å². The lowest BCUT2D eigenvalue weighted by molar-refractivity contribution is -0.379.